The number of rotatable bonds is 7. The van der Waals surface area contributed by atoms with Crippen molar-refractivity contribution in [3.05, 3.63) is 72.4 Å². The highest BCUT2D eigenvalue weighted by Gasteiger charge is 2.09. The van der Waals surface area contributed by atoms with E-state index in [-0.39, 0.29) is 0 Å². The van der Waals surface area contributed by atoms with Crippen LogP contribution in [0.15, 0.2) is 66.7 Å². The molecule has 0 aliphatic heterocycles. The van der Waals surface area contributed by atoms with Gasteiger partial charge in [-0.05, 0) is 37.3 Å². The number of pyridine rings is 1. The number of anilines is 1. The fraction of sp³-hybridized carbons (Fsp3) is 0.136. The van der Waals surface area contributed by atoms with Gasteiger partial charge in [0, 0.05) is 11.5 Å². The number of fused-ring (bicyclic) bond motifs is 1. The van der Waals surface area contributed by atoms with Crippen LogP contribution in [0.2, 0.25) is 0 Å². The highest BCUT2D eigenvalue weighted by atomic mass is 16.5. The molecule has 0 fully saturated rings. The Balaban J connectivity index is 1.53. The van der Waals surface area contributed by atoms with Crippen LogP contribution >= 0.6 is 0 Å². The summed E-state index contributed by atoms with van der Waals surface area (Å²) in [4.78, 5) is 28.3. The molecule has 0 spiro atoms. The molecule has 6 heteroatoms. The molecule has 3 rings (SSSR count). The number of esters is 1. The van der Waals surface area contributed by atoms with E-state index in [9.17, 15) is 9.59 Å². The number of ether oxygens (including phenoxy) is 2. The standard InChI is InChI=1S/C22H20N2O4/c1-2-27-20-10-6-5-9-19(20)24-21(25)15-28-22(26)14-13-17-12-11-16-7-3-4-8-18(16)23-17/h3-14H,2,15H2,1H3,(H,24,25)/b14-13+. The van der Waals surface area contributed by atoms with E-state index < -0.39 is 18.5 Å². The second-order valence-corrected chi connectivity index (χ2v) is 5.85. The van der Waals surface area contributed by atoms with Gasteiger partial charge in [-0.3, -0.25) is 4.79 Å². The first kappa shape index (κ1) is 19.1. The third-order valence-corrected chi connectivity index (χ3v) is 3.82. The number of para-hydroxylation sites is 3. The van der Waals surface area contributed by atoms with Crippen LogP contribution in [-0.2, 0) is 14.3 Å². The second kappa shape index (κ2) is 9.32. The molecular formula is C22H20N2O4. The number of hydrogen-bond acceptors (Lipinski definition) is 5. The van der Waals surface area contributed by atoms with E-state index in [0.717, 1.165) is 10.9 Å². The number of amides is 1. The average Bonchev–Trinajstić information content (AvgIpc) is 2.72. The molecule has 0 saturated carbocycles. The zero-order valence-electron chi connectivity index (χ0n) is 15.4. The van der Waals surface area contributed by atoms with Gasteiger partial charge < -0.3 is 14.8 Å². The Hall–Kier alpha value is -3.67. The van der Waals surface area contributed by atoms with Crippen molar-refractivity contribution in [2.75, 3.05) is 18.5 Å². The number of carbonyl (C=O) groups is 2. The van der Waals surface area contributed by atoms with E-state index in [1.807, 2.05) is 49.4 Å². The van der Waals surface area contributed by atoms with Gasteiger partial charge in [0.15, 0.2) is 6.61 Å². The predicted molar refractivity (Wildman–Crippen MR) is 108 cm³/mol. The molecule has 2 aromatic carbocycles. The van der Waals surface area contributed by atoms with Crippen molar-refractivity contribution in [2.24, 2.45) is 0 Å². The molecule has 0 saturated heterocycles. The summed E-state index contributed by atoms with van der Waals surface area (Å²) in [7, 11) is 0. The Morgan fingerprint density at radius 3 is 2.68 bits per heavy atom. The lowest BCUT2D eigenvalue weighted by molar-refractivity contribution is -0.142. The van der Waals surface area contributed by atoms with Crippen LogP contribution in [0.25, 0.3) is 17.0 Å². The van der Waals surface area contributed by atoms with E-state index in [0.29, 0.717) is 23.7 Å². The number of benzene rings is 2. The smallest absolute Gasteiger partial charge is 0.331 e. The summed E-state index contributed by atoms with van der Waals surface area (Å²) in [5.74, 6) is -0.507. The van der Waals surface area contributed by atoms with Crippen molar-refractivity contribution >= 4 is 34.5 Å². The van der Waals surface area contributed by atoms with Gasteiger partial charge >= 0.3 is 5.97 Å². The zero-order valence-corrected chi connectivity index (χ0v) is 15.4. The largest absolute Gasteiger partial charge is 0.492 e. The predicted octanol–water partition coefficient (Wildman–Crippen LogP) is 3.83. The Morgan fingerprint density at radius 2 is 1.82 bits per heavy atom. The molecule has 0 atom stereocenters. The van der Waals surface area contributed by atoms with Gasteiger partial charge in [-0.15, -0.1) is 0 Å². The van der Waals surface area contributed by atoms with Crippen molar-refractivity contribution in [2.45, 2.75) is 6.92 Å². The second-order valence-electron chi connectivity index (χ2n) is 5.85. The molecule has 0 aliphatic carbocycles. The molecule has 6 nitrogen and oxygen atoms in total. The third kappa shape index (κ3) is 5.17. The van der Waals surface area contributed by atoms with Gasteiger partial charge in [0.2, 0.25) is 0 Å². The summed E-state index contributed by atoms with van der Waals surface area (Å²) in [6.07, 6.45) is 2.80. The maximum Gasteiger partial charge on any atom is 0.331 e. The number of nitrogens with one attached hydrogen (secondary N) is 1. The van der Waals surface area contributed by atoms with E-state index >= 15 is 0 Å². The summed E-state index contributed by atoms with van der Waals surface area (Å²) in [5, 5.41) is 3.69. The number of hydrogen-bond donors (Lipinski definition) is 1. The quantitative estimate of drug-likeness (QED) is 0.501. The maximum absolute atomic E-state index is 12.0. The normalized spacial score (nSPS) is 10.8. The van der Waals surface area contributed by atoms with Crippen LogP contribution in [-0.4, -0.2) is 30.1 Å². The van der Waals surface area contributed by atoms with Gasteiger partial charge in [-0.2, -0.15) is 0 Å². The molecule has 3 aromatic rings. The summed E-state index contributed by atoms with van der Waals surface area (Å²) in [6.45, 7) is 1.95. The summed E-state index contributed by atoms with van der Waals surface area (Å²) >= 11 is 0. The van der Waals surface area contributed by atoms with Crippen molar-refractivity contribution in [1.82, 2.24) is 4.98 Å². The van der Waals surface area contributed by atoms with Gasteiger partial charge in [0.05, 0.1) is 23.5 Å². The highest BCUT2D eigenvalue weighted by Crippen LogP contribution is 2.23. The maximum atomic E-state index is 12.0. The topological polar surface area (TPSA) is 77.5 Å². The average molecular weight is 376 g/mol. The minimum Gasteiger partial charge on any atom is -0.492 e. The van der Waals surface area contributed by atoms with Crippen LogP contribution in [0, 0.1) is 0 Å². The Kier molecular flexibility index (Phi) is 6.36. The van der Waals surface area contributed by atoms with E-state index in [1.165, 1.54) is 6.08 Å². The number of carbonyl (C=O) groups excluding carboxylic acids is 2. The fourth-order valence-corrected chi connectivity index (χ4v) is 2.55. The summed E-state index contributed by atoms with van der Waals surface area (Å²) < 4.78 is 10.4. The minimum absolute atomic E-state index is 0.394. The lowest BCUT2D eigenvalue weighted by atomic mass is 10.2. The lowest BCUT2D eigenvalue weighted by Gasteiger charge is -2.11. The van der Waals surface area contributed by atoms with Crippen LogP contribution in [0.4, 0.5) is 5.69 Å². The lowest BCUT2D eigenvalue weighted by Crippen LogP contribution is -2.20. The van der Waals surface area contributed by atoms with Crippen LogP contribution in [0.5, 0.6) is 5.75 Å². The van der Waals surface area contributed by atoms with Gasteiger partial charge in [0.25, 0.3) is 5.91 Å². The minimum atomic E-state index is -0.622. The third-order valence-electron chi connectivity index (χ3n) is 3.82. The van der Waals surface area contributed by atoms with Gasteiger partial charge in [-0.25, -0.2) is 9.78 Å². The summed E-state index contributed by atoms with van der Waals surface area (Å²) in [5.41, 5.74) is 2.00. The molecule has 0 unspecified atom stereocenters. The first-order valence-electron chi connectivity index (χ1n) is 8.88. The van der Waals surface area contributed by atoms with Crippen molar-refractivity contribution in [1.29, 1.82) is 0 Å². The van der Waals surface area contributed by atoms with Crippen LogP contribution < -0.4 is 10.1 Å². The molecule has 28 heavy (non-hydrogen) atoms. The molecule has 142 valence electrons. The van der Waals surface area contributed by atoms with Gasteiger partial charge in [0.1, 0.15) is 5.75 Å². The zero-order chi connectivity index (χ0) is 19.8. The molecule has 0 radical (unpaired) electrons. The molecule has 0 aliphatic rings. The monoisotopic (exact) mass is 376 g/mol. The van der Waals surface area contributed by atoms with E-state index in [2.05, 4.69) is 10.3 Å². The van der Waals surface area contributed by atoms with Crippen molar-refractivity contribution in [3.63, 3.8) is 0 Å². The van der Waals surface area contributed by atoms with Crippen molar-refractivity contribution < 1.29 is 19.1 Å². The molecular weight excluding hydrogens is 356 g/mol. The Labute approximate surface area is 162 Å². The highest BCUT2D eigenvalue weighted by molar-refractivity contribution is 5.95. The Bertz CT molecular complexity index is 1010. The van der Waals surface area contributed by atoms with E-state index in [4.69, 9.17) is 9.47 Å². The first-order chi connectivity index (χ1) is 13.7. The fourth-order valence-electron chi connectivity index (χ4n) is 2.55. The Morgan fingerprint density at radius 1 is 1.04 bits per heavy atom. The molecule has 1 aromatic heterocycles. The number of nitrogens with zero attached hydrogens (tertiary/aromatic N) is 1. The summed E-state index contributed by atoms with van der Waals surface area (Å²) in [6, 6.07) is 18.5. The van der Waals surface area contributed by atoms with Gasteiger partial charge in [-0.1, -0.05) is 36.4 Å². The van der Waals surface area contributed by atoms with Crippen LogP contribution in [0.1, 0.15) is 12.6 Å². The first-order valence-corrected chi connectivity index (χ1v) is 8.88. The molecule has 1 heterocycles. The van der Waals surface area contributed by atoms with Crippen molar-refractivity contribution in [3.8, 4) is 5.75 Å². The molecule has 0 bridgehead atoms. The SMILES string of the molecule is CCOc1ccccc1NC(=O)COC(=O)/C=C/c1ccc2ccccc2n1. The number of aromatic nitrogens is 1. The molecule has 1 N–H and O–H groups in total. The van der Waals surface area contributed by atoms with E-state index in [1.54, 1.807) is 24.3 Å². The van der Waals surface area contributed by atoms with Crippen LogP contribution in [0.3, 0.4) is 0 Å². The molecule has 1 amide bonds.